The molecule has 67 heavy (non-hydrogen) atoms. The van der Waals surface area contributed by atoms with Crippen molar-refractivity contribution in [2.45, 2.75) is 172 Å². The van der Waals surface area contributed by atoms with Gasteiger partial charge in [-0.3, -0.25) is 18.6 Å². The van der Waals surface area contributed by atoms with Gasteiger partial charge in [0.15, 0.2) is 6.10 Å². The molecule has 1 aliphatic rings. The maximum Gasteiger partial charge on any atom is 0.472 e. The average molecular weight is 957 g/mol. The number of phosphoric ester groups is 1. The second-order valence-electron chi connectivity index (χ2n) is 15.9. The summed E-state index contributed by atoms with van der Waals surface area (Å²) < 4.78 is 33.4. The zero-order valence-electron chi connectivity index (χ0n) is 39.9. The maximum absolute atomic E-state index is 12.8. The number of carbonyl (C=O) groups is 2. The van der Waals surface area contributed by atoms with Crippen LogP contribution in [0.4, 0.5) is 0 Å². The Hall–Kier alpha value is -4.01. The third-order valence-electron chi connectivity index (χ3n) is 10.0. The number of hydrogen-bond donors (Lipinski definition) is 6. The van der Waals surface area contributed by atoms with Crippen molar-refractivity contribution in [2.75, 3.05) is 13.2 Å². The Labute approximate surface area is 400 Å². The van der Waals surface area contributed by atoms with Crippen molar-refractivity contribution >= 4 is 19.8 Å². The molecule has 8 atom stereocenters. The highest BCUT2D eigenvalue weighted by molar-refractivity contribution is 7.47. The van der Waals surface area contributed by atoms with Gasteiger partial charge in [0.2, 0.25) is 0 Å². The minimum atomic E-state index is -5.17. The number of phosphoric acid groups is 1. The minimum Gasteiger partial charge on any atom is -0.462 e. The second kappa shape index (κ2) is 41.0. The Bertz CT molecular complexity index is 1670. The number of aliphatic hydroxyl groups excluding tert-OH is 5. The molecule has 6 N–H and O–H groups in total. The van der Waals surface area contributed by atoms with Crippen molar-refractivity contribution in [1.82, 2.24) is 0 Å². The Morgan fingerprint density at radius 2 is 0.836 bits per heavy atom. The molecule has 14 heteroatoms. The summed E-state index contributed by atoms with van der Waals surface area (Å²) >= 11 is 0. The van der Waals surface area contributed by atoms with Crippen LogP contribution in [0.15, 0.2) is 134 Å². The Morgan fingerprint density at radius 3 is 1.24 bits per heavy atom. The third kappa shape index (κ3) is 33.2. The number of esters is 2. The van der Waals surface area contributed by atoms with Gasteiger partial charge in [-0.15, -0.1) is 0 Å². The van der Waals surface area contributed by atoms with E-state index >= 15 is 0 Å². The van der Waals surface area contributed by atoms with Crippen LogP contribution in [0, 0.1) is 0 Å². The van der Waals surface area contributed by atoms with E-state index in [9.17, 15) is 44.6 Å². The van der Waals surface area contributed by atoms with Gasteiger partial charge in [0.05, 0.1) is 6.61 Å². The molecule has 0 aromatic carbocycles. The molecule has 1 fully saturated rings. The molecule has 13 nitrogen and oxygen atoms in total. The SMILES string of the molecule is CC/C=C/C/C=C/C/C=C/C/C=C/C/C=C/C/C=C/CCC(=O)O[C@@H](COC(=O)CC/C=C/C/C=C/C/C=C/C/C=C/C/C=C/CCCCC)COP(=O)(O)OC1C(O)C(O)C(O)[C@H](O)C1O. The summed E-state index contributed by atoms with van der Waals surface area (Å²) in [6, 6.07) is 0. The lowest BCUT2D eigenvalue weighted by molar-refractivity contribution is -0.220. The smallest absolute Gasteiger partial charge is 0.462 e. The Balaban J connectivity index is 2.57. The summed E-state index contributed by atoms with van der Waals surface area (Å²) in [5.74, 6) is -1.31. The Kier molecular flexibility index (Phi) is 37.3. The van der Waals surface area contributed by atoms with E-state index < -0.39 is 75.7 Å². The molecule has 1 saturated carbocycles. The quantitative estimate of drug-likeness (QED) is 0.0148. The molecule has 1 aliphatic carbocycles. The van der Waals surface area contributed by atoms with Crippen LogP contribution >= 0.6 is 7.82 Å². The van der Waals surface area contributed by atoms with Crippen LogP contribution in [-0.4, -0.2) is 98.3 Å². The van der Waals surface area contributed by atoms with Gasteiger partial charge in [-0.05, 0) is 89.9 Å². The van der Waals surface area contributed by atoms with E-state index in [1.165, 1.54) is 19.3 Å². The summed E-state index contributed by atoms with van der Waals surface area (Å²) in [6.07, 6.45) is 46.7. The number of rotatable bonds is 37. The number of carbonyl (C=O) groups excluding carboxylic acids is 2. The van der Waals surface area contributed by atoms with E-state index in [0.29, 0.717) is 25.7 Å². The van der Waals surface area contributed by atoms with E-state index in [0.717, 1.165) is 57.8 Å². The van der Waals surface area contributed by atoms with E-state index in [4.69, 9.17) is 18.5 Å². The molecular formula is C53H81O13P. The van der Waals surface area contributed by atoms with Gasteiger partial charge in [-0.25, -0.2) is 4.57 Å². The molecule has 0 amide bonds. The highest BCUT2D eigenvalue weighted by Crippen LogP contribution is 2.47. The first-order valence-electron chi connectivity index (χ1n) is 24.0. The fraction of sp³-hybridized carbons (Fsp3) is 0.547. The van der Waals surface area contributed by atoms with E-state index in [1.807, 2.05) is 36.5 Å². The van der Waals surface area contributed by atoms with E-state index in [2.05, 4.69) is 111 Å². The number of allylic oxidation sites excluding steroid dienone is 22. The van der Waals surface area contributed by atoms with Crippen molar-refractivity contribution in [3.05, 3.63) is 134 Å². The molecular weight excluding hydrogens is 876 g/mol. The lowest BCUT2D eigenvalue weighted by atomic mass is 9.85. The fourth-order valence-corrected chi connectivity index (χ4v) is 7.15. The summed E-state index contributed by atoms with van der Waals surface area (Å²) in [6.45, 7) is 3.01. The zero-order chi connectivity index (χ0) is 49.2. The zero-order valence-corrected chi connectivity index (χ0v) is 40.8. The predicted molar refractivity (Wildman–Crippen MR) is 267 cm³/mol. The van der Waals surface area contributed by atoms with Crippen LogP contribution in [0.25, 0.3) is 0 Å². The molecule has 0 aromatic rings. The lowest BCUT2D eigenvalue weighted by Crippen LogP contribution is -2.64. The van der Waals surface area contributed by atoms with Crippen molar-refractivity contribution in [3.8, 4) is 0 Å². The molecule has 0 spiro atoms. The van der Waals surface area contributed by atoms with Gasteiger partial charge in [-0.1, -0.05) is 160 Å². The second-order valence-corrected chi connectivity index (χ2v) is 17.3. The normalized spacial score (nSPS) is 22.3. The van der Waals surface area contributed by atoms with Gasteiger partial charge in [-0.2, -0.15) is 0 Å². The topological polar surface area (TPSA) is 210 Å². The predicted octanol–water partition coefficient (Wildman–Crippen LogP) is 9.94. The van der Waals surface area contributed by atoms with Crippen LogP contribution in [0.3, 0.4) is 0 Å². The average Bonchev–Trinajstić information content (AvgIpc) is 3.31. The number of aliphatic hydroxyl groups is 5. The molecule has 6 unspecified atom stereocenters. The first-order chi connectivity index (χ1) is 32.4. The first-order valence-corrected chi connectivity index (χ1v) is 25.5. The molecule has 0 heterocycles. The molecule has 1 rings (SSSR count). The molecule has 0 saturated heterocycles. The third-order valence-corrected chi connectivity index (χ3v) is 11.0. The van der Waals surface area contributed by atoms with Crippen molar-refractivity contribution in [1.29, 1.82) is 0 Å². The van der Waals surface area contributed by atoms with E-state index in [-0.39, 0.29) is 12.8 Å². The van der Waals surface area contributed by atoms with Crippen molar-refractivity contribution < 1.29 is 63.1 Å². The maximum atomic E-state index is 12.8. The molecule has 376 valence electrons. The van der Waals surface area contributed by atoms with Crippen LogP contribution in [0.5, 0.6) is 0 Å². The van der Waals surface area contributed by atoms with Crippen molar-refractivity contribution in [2.24, 2.45) is 0 Å². The Morgan fingerprint density at radius 1 is 0.478 bits per heavy atom. The standard InChI is InChI=1S/C53H81O13P/c1-3-5-7-9-11-13-15-17-19-21-23-25-27-29-31-33-35-37-39-41-46(54)63-43-45(44-64-67(61,62)66-53-51(59)49(57)48(56)50(58)52(53)60)65-47(55)42-40-38-36-34-32-30-28-26-24-22-20-18-16-14-12-10-8-6-4-2/h6,8,11-14,17-20,23-26,29-32,35-38,45,48-53,56-60H,3-5,7,9-10,15-16,21-22,27-28,33-34,39-44H2,1-2H3,(H,61,62)/b8-6+,13-11+,14-12+,19-17+,20-18+,25-23+,26-24+,31-29+,32-30+,37-35+,38-36+/t45-,48?,49-,50?,51?,52?,53?/m0/s1. The largest absolute Gasteiger partial charge is 0.472 e. The van der Waals surface area contributed by atoms with Crippen LogP contribution in [0.2, 0.25) is 0 Å². The summed E-state index contributed by atoms with van der Waals surface area (Å²) in [7, 11) is -5.17. The van der Waals surface area contributed by atoms with Crippen LogP contribution in [-0.2, 0) is 32.7 Å². The fourth-order valence-electron chi connectivity index (χ4n) is 6.18. The number of ether oxygens (including phenoxy) is 2. The van der Waals surface area contributed by atoms with Gasteiger partial charge < -0.3 is 39.9 Å². The highest BCUT2D eigenvalue weighted by atomic mass is 31.2. The highest BCUT2D eigenvalue weighted by Gasteiger charge is 2.51. The molecule has 0 bridgehead atoms. The van der Waals surface area contributed by atoms with Gasteiger partial charge >= 0.3 is 19.8 Å². The lowest BCUT2D eigenvalue weighted by Gasteiger charge is -2.41. The van der Waals surface area contributed by atoms with Gasteiger partial charge in [0, 0.05) is 12.8 Å². The summed E-state index contributed by atoms with van der Waals surface area (Å²) in [4.78, 5) is 35.7. The van der Waals surface area contributed by atoms with Gasteiger partial charge in [0.1, 0.15) is 43.2 Å². The summed E-state index contributed by atoms with van der Waals surface area (Å²) in [5, 5.41) is 50.2. The molecule has 0 aliphatic heterocycles. The van der Waals surface area contributed by atoms with Crippen molar-refractivity contribution in [3.63, 3.8) is 0 Å². The monoisotopic (exact) mass is 957 g/mol. The van der Waals surface area contributed by atoms with Gasteiger partial charge in [0.25, 0.3) is 0 Å². The summed E-state index contributed by atoms with van der Waals surface area (Å²) in [5.41, 5.74) is 0. The molecule has 0 aromatic heterocycles. The number of hydrogen-bond acceptors (Lipinski definition) is 12. The molecule has 0 radical (unpaired) electrons. The minimum absolute atomic E-state index is 0.0187. The van der Waals surface area contributed by atoms with E-state index in [1.54, 1.807) is 0 Å². The number of unbranched alkanes of at least 4 members (excludes halogenated alkanes) is 3. The van der Waals surface area contributed by atoms with Crippen LogP contribution in [0.1, 0.15) is 129 Å². The first kappa shape index (κ1) is 61.0. The van der Waals surface area contributed by atoms with Crippen LogP contribution < -0.4 is 0 Å².